The van der Waals surface area contributed by atoms with Crippen molar-refractivity contribution in [2.75, 3.05) is 13.7 Å². The first-order chi connectivity index (χ1) is 7.19. The van der Waals surface area contributed by atoms with E-state index in [0.717, 1.165) is 0 Å². The van der Waals surface area contributed by atoms with Crippen molar-refractivity contribution >= 4 is 0 Å². The van der Waals surface area contributed by atoms with E-state index >= 15 is 0 Å². The van der Waals surface area contributed by atoms with Gasteiger partial charge in [0.2, 0.25) is 0 Å². The standard InChI is InChI=1S/C9H12N2O4/c1-3-15-6-7-8(11(12)13)4-5-9(10-7)14-2/h4-6,10H,3H2,1-2H3/b7-6-. The van der Waals surface area contributed by atoms with Gasteiger partial charge in [-0.15, -0.1) is 0 Å². The molecule has 0 atom stereocenters. The van der Waals surface area contributed by atoms with Crippen LogP contribution in [0.4, 0.5) is 0 Å². The van der Waals surface area contributed by atoms with E-state index in [0.29, 0.717) is 12.5 Å². The number of dihydropyridines is 1. The van der Waals surface area contributed by atoms with Gasteiger partial charge >= 0.3 is 0 Å². The fraction of sp³-hybridized carbons (Fsp3) is 0.333. The van der Waals surface area contributed by atoms with Crippen LogP contribution in [0.5, 0.6) is 0 Å². The lowest BCUT2D eigenvalue weighted by molar-refractivity contribution is -0.421. The molecule has 6 heteroatoms. The van der Waals surface area contributed by atoms with Crippen molar-refractivity contribution in [3.8, 4) is 0 Å². The van der Waals surface area contributed by atoms with Crippen LogP contribution in [0, 0.1) is 10.1 Å². The summed E-state index contributed by atoms with van der Waals surface area (Å²) in [5.74, 6) is 0.437. The summed E-state index contributed by atoms with van der Waals surface area (Å²) in [6.45, 7) is 2.24. The van der Waals surface area contributed by atoms with Gasteiger partial charge in [-0.1, -0.05) is 0 Å². The van der Waals surface area contributed by atoms with Crippen molar-refractivity contribution in [1.29, 1.82) is 0 Å². The third-order valence-corrected chi connectivity index (χ3v) is 1.71. The first-order valence-electron chi connectivity index (χ1n) is 4.38. The molecule has 1 aliphatic heterocycles. The Morgan fingerprint density at radius 1 is 1.60 bits per heavy atom. The molecule has 0 saturated carbocycles. The molecule has 0 radical (unpaired) electrons. The fourth-order valence-electron chi connectivity index (χ4n) is 1.02. The Hall–Kier alpha value is -1.98. The molecule has 1 N–H and O–H groups in total. The lowest BCUT2D eigenvalue weighted by atomic mass is 10.2. The van der Waals surface area contributed by atoms with Crippen molar-refractivity contribution in [3.63, 3.8) is 0 Å². The van der Waals surface area contributed by atoms with Crippen LogP contribution >= 0.6 is 0 Å². The van der Waals surface area contributed by atoms with Gasteiger partial charge in [-0.2, -0.15) is 0 Å². The van der Waals surface area contributed by atoms with E-state index in [-0.39, 0.29) is 11.4 Å². The number of nitrogens with one attached hydrogen (secondary N) is 1. The molecule has 0 bridgehead atoms. The molecule has 0 aromatic rings. The Morgan fingerprint density at radius 3 is 2.87 bits per heavy atom. The highest BCUT2D eigenvalue weighted by Gasteiger charge is 2.22. The van der Waals surface area contributed by atoms with Crippen molar-refractivity contribution in [2.24, 2.45) is 0 Å². The SMILES string of the molecule is CCO/C=C1\NC(OC)=CC=C1[N+](=O)[O-]. The number of nitro groups is 1. The third kappa shape index (κ3) is 2.73. The molecular formula is C9H12N2O4. The molecule has 0 saturated heterocycles. The fourth-order valence-corrected chi connectivity index (χ4v) is 1.02. The van der Waals surface area contributed by atoms with Crippen LogP contribution in [0.1, 0.15) is 6.92 Å². The maximum absolute atomic E-state index is 10.7. The molecule has 1 heterocycles. The topological polar surface area (TPSA) is 73.6 Å². The van der Waals surface area contributed by atoms with Crippen LogP contribution < -0.4 is 5.32 Å². The number of rotatable bonds is 4. The zero-order valence-corrected chi connectivity index (χ0v) is 8.52. The Balaban J connectivity index is 2.92. The highest BCUT2D eigenvalue weighted by atomic mass is 16.6. The smallest absolute Gasteiger partial charge is 0.296 e. The van der Waals surface area contributed by atoms with Crippen LogP contribution in [0.2, 0.25) is 0 Å². The van der Waals surface area contributed by atoms with Crippen molar-refractivity contribution in [1.82, 2.24) is 5.32 Å². The molecule has 1 aliphatic rings. The number of allylic oxidation sites excluding steroid dienone is 2. The third-order valence-electron chi connectivity index (χ3n) is 1.71. The first-order valence-corrected chi connectivity index (χ1v) is 4.38. The second kappa shape index (κ2) is 5.04. The van der Waals surface area contributed by atoms with Crippen molar-refractivity contribution in [2.45, 2.75) is 6.92 Å². The van der Waals surface area contributed by atoms with Gasteiger partial charge in [-0.05, 0) is 6.92 Å². The number of ether oxygens (including phenoxy) is 2. The predicted octanol–water partition coefficient (Wildman–Crippen LogP) is 1.12. The minimum atomic E-state index is -0.485. The van der Waals surface area contributed by atoms with E-state index in [4.69, 9.17) is 9.47 Å². The van der Waals surface area contributed by atoms with Gasteiger partial charge in [0, 0.05) is 12.2 Å². The monoisotopic (exact) mass is 212 g/mol. The van der Waals surface area contributed by atoms with Crippen LogP contribution in [0.15, 0.2) is 35.7 Å². The molecule has 0 fully saturated rings. The summed E-state index contributed by atoms with van der Waals surface area (Å²) in [5.41, 5.74) is 0.227. The van der Waals surface area contributed by atoms with Gasteiger partial charge in [-0.3, -0.25) is 10.1 Å². The number of methoxy groups -OCH3 is 1. The van der Waals surface area contributed by atoms with E-state index < -0.39 is 4.92 Å². The zero-order valence-electron chi connectivity index (χ0n) is 8.52. The average molecular weight is 212 g/mol. The molecule has 0 amide bonds. The number of hydrogen-bond donors (Lipinski definition) is 1. The predicted molar refractivity (Wildman–Crippen MR) is 53.0 cm³/mol. The van der Waals surface area contributed by atoms with E-state index in [1.54, 1.807) is 6.92 Å². The molecule has 0 unspecified atom stereocenters. The second-order valence-corrected chi connectivity index (χ2v) is 2.66. The Kier molecular flexibility index (Phi) is 3.73. The highest BCUT2D eigenvalue weighted by molar-refractivity contribution is 5.33. The molecule has 0 aliphatic carbocycles. The first kappa shape index (κ1) is 11.1. The second-order valence-electron chi connectivity index (χ2n) is 2.66. The van der Waals surface area contributed by atoms with E-state index in [2.05, 4.69) is 5.32 Å². The van der Waals surface area contributed by atoms with Crippen LogP contribution in [0.25, 0.3) is 0 Å². The molecular weight excluding hydrogens is 200 g/mol. The Labute approximate surface area is 87.0 Å². The van der Waals surface area contributed by atoms with Gasteiger partial charge in [-0.25, -0.2) is 0 Å². The molecule has 15 heavy (non-hydrogen) atoms. The maximum Gasteiger partial charge on any atom is 0.296 e. The van der Waals surface area contributed by atoms with Crippen LogP contribution in [0.3, 0.4) is 0 Å². The van der Waals surface area contributed by atoms with E-state index in [1.807, 2.05) is 0 Å². The summed E-state index contributed by atoms with van der Waals surface area (Å²) in [4.78, 5) is 10.2. The Bertz CT molecular complexity index is 344. The Morgan fingerprint density at radius 2 is 2.33 bits per heavy atom. The lowest BCUT2D eigenvalue weighted by Crippen LogP contribution is -2.22. The highest BCUT2D eigenvalue weighted by Crippen LogP contribution is 2.15. The number of nitrogens with zero attached hydrogens (tertiary/aromatic N) is 1. The molecule has 1 rings (SSSR count). The van der Waals surface area contributed by atoms with Gasteiger partial charge < -0.3 is 14.8 Å². The van der Waals surface area contributed by atoms with Crippen molar-refractivity contribution in [3.05, 3.63) is 45.8 Å². The minimum Gasteiger partial charge on any atom is -0.499 e. The van der Waals surface area contributed by atoms with Crippen LogP contribution in [-0.2, 0) is 9.47 Å². The van der Waals surface area contributed by atoms with Gasteiger partial charge in [0.1, 0.15) is 6.26 Å². The largest absolute Gasteiger partial charge is 0.499 e. The van der Waals surface area contributed by atoms with Crippen LogP contribution in [-0.4, -0.2) is 18.6 Å². The van der Waals surface area contributed by atoms with E-state index in [9.17, 15) is 10.1 Å². The molecule has 82 valence electrons. The minimum absolute atomic E-state index is 0.0516. The average Bonchev–Trinajstić information content (AvgIpc) is 2.25. The lowest BCUT2D eigenvalue weighted by Gasteiger charge is -2.14. The molecule has 6 nitrogen and oxygen atoms in total. The summed E-state index contributed by atoms with van der Waals surface area (Å²) in [6, 6.07) is 0. The summed E-state index contributed by atoms with van der Waals surface area (Å²) in [7, 11) is 1.47. The number of hydrogen-bond acceptors (Lipinski definition) is 5. The quantitative estimate of drug-likeness (QED) is 0.429. The van der Waals surface area contributed by atoms with Gasteiger partial charge in [0.05, 0.1) is 18.6 Å². The summed E-state index contributed by atoms with van der Waals surface area (Å²) < 4.78 is 9.91. The van der Waals surface area contributed by atoms with E-state index in [1.165, 1.54) is 25.5 Å². The van der Waals surface area contributed by atoms with Crippen molar-refractivity contribution < 1.29 is 14.4 Å². The summed E-state index contributed by atoms with van der Waals surface area (Å²) in [5, 5.41) is 13.4. The molecule has 0 spiro atoms. The molecule has 0 aromatic carbocycles. The van der Waals surface area contributed by atoms with Gasteiger partial charge in [0.15, 0.2) is 11.6 Å². The summed E-state index contributed by atoms with van der Waals surface area (Å²) >= 11 is 0. The maximum atomic E-state index is 10.7. The zero-order chi connectivity index (χ0) is 11.3. The molecule has 0 aromatic heterocycles. The van der Waals surface area contributed by atoms with Gasteiger partial charge in [0.25, 0.3) is 5.70 Å². The normalized spacial score (nSPS) is 17.6. The summed E-state index contributed by atoms with van der Waals surface area (Å²) in [6.07, 6.45) is 4.16.